The number of carbonyl (C=O) groups is 2. The fraction of sp³-hybridized carbons (Fsp3) is 0.543. The van der Waals surface area contributed by atoms with Crippen LogP contribution in [0.3, 0.4) is 0 Å². The number of ether oxygens (including phenoxy) is 4. The third-order valence-electron chi connectivity index (χ3n) is 7.85. The highest BCUT2D eigenvalue weighted by atomic mass is 16.5. The van der Waals surface area contributed by atoms with Crippen molar-refractivity contribution in [2.24, 2.45) is 0 Å². The molecule has 0 fully saturated rings. The second kappa shape index (κ2) is 16.2. The fourth-order valence-electron chi connectivity index (χ4n) is 4.21. The van der Waals surface area contributed by atoms with Crippen LogP contribution in [0, 0.1) is 6.92 Å². The summed E-state index contributed by atoms with van der Waals surface area (Å²) in [5, 5.41) is 3.08. The largest absolute Gasteiger partial charge is 0.493 e. The summed E-state index contributed by atoms with van der Waals surface area (Å²) in [5.74, 6) is 0.261. The minimum absolute atomic E-state index is 0.00444. The van der Waals surface area contributed by atoms with Crippen LogP contribution in [-0.4, -0.2) is 38.4 Å². The van der Waals surface area contributed by atoms with Crippen LogP contribution in [0.4, 0.5) is 5.69 Å². The molecule has 0 aliphatic rings. The van der Waals surface area contributed by atoms with Crippen molar-refractivity contribution in [3.8, 4) is 5.75 Å². The first-order chi connectivity index (χ1) is 19.9. The van der Waals surface area contributed by atoms with Crippen LogP contribution in [0.2, 0.25) is 0 Å². The molecule has 0 heterocycles. The first-order valence-electron chi connectivity index (χ1n) is 15.2. The first kappa shape index (κ1) is 34.7. The highest BCUT2D eigenvalue weighted by molar-refractivity contribution is 5.91. The van der Waals surface area contributed by atoms with E-state index >= 15 is 0 Å². The monoisotopic (exact) mass is 581 g/mol. The van der Waals surface area contributed by atoms with E-state index in [1.165, 1.54) is 17.2 Å². The van der Waals surface area contributed by atoms with Gasteiger partial charge < -0.3 is 24.3 Å². The molecule has 0 bridgehead atoms. The summed E-state index contributed by atoms with van der Waals surface area (Å²) in [5.41, 5.74) is 4.62. The Morgan fingerprint density at radius 3 is 2.12 bits per heavy atom. The van der Waals surface area contributed by atoms with E-state index in [9.17, 15) is 9.59 Å². The van der Waals surface area contributed by atoms with Gasteiger partial charge in [-0.3, -0.25) is 0 Å². The molecule has 0 aliphatic heterocycles. The lowest BCUT2D eigenvalue weighted by atomic mass is 9.76. The zero-order chi connectivity index (χ0) is 31.3. The Kier molecular flexibility index (Phi) is 13.4. The quantitative estimate of drug-likeness (QED) is 0.0872. The van der Waals surface area contributed by atoms with E-state index < -0.39 is 11.9 Å². The molecule has 2 aromatic rings. The van der Waals surface area contributed by atoms with Crippen molar-refractivity contribution >= 4 is 17.6 Å². The molecule has 0 amide bonds. The summed E-state index contributed by atoms with van der Waals surface area (Å²) in [7, 11) is 0. The Bertz CT molecular complexity index is 1210. The van der Waals surface area contributed by atoms with E-state index in [4.69, 9.17) is 18.9 Å². The van der Waals surface area contributed by atoms with E-state index in [-0.39, 0.29) is 23.3 Å². The van der Waals surface area contributed by atoms with Gasteiger partial charge in [-0.2, -0.15) is 0 Å². The summed E-state index contributed by atoms with van der Waals surface area (Å²) >= 11 is 0. The van der Waals surface area contributed by atoms with E-state index in [0.717, 1.165) is 30.6 Å². The zero-order valence-electron chi connectivity index (χ0n) is 27.1. The fourth-order valence-corrected chi connectivity index (χ4v) is 4.21. The minimum Gasteiger partial charge on any atom is -0.493 e. The molecule has 0 saturated heterocycles. The number of unbranched alkanes of at least 4 members (excludes halogenated alkanes) is 1. The highest BCUT2D eigenvalue weighted by Gasteiger charge is 2.26. The number of benzene rings is 2. The van der Waals surface area contributed by atoms with Crippen LogP contribution in [0.5, 0.6) is 5.75 Å². The predicted octanol–water partition coefficient (Wildman–Crippen LogP) is 8.24. The molecule has 0 atom stereocenters. The number of aryl methyl sites for hydroxylation is 1. The maximum absolute atomic E-state index is 12.8. The normalized spacial score (nSPS) is 12.1. The van der Waals surface area contributed by atoms with Gasteiger partial charge in [0.25, 0.3) is 0 Å². The predicted molar refractivity (Wildman–Crippen MR) is 169 cm³/mol. The summed E-state index contributed by atoms with van der Waals surface area (Å²) in [6.07, 6.45) is 4.79. The van der Waals surface area contributed by atoms with Crippen LogP contribution in [0.15, 0.2) is 48.4 Å². The zero-order valence-corrected chi connectivity index (χ0v) is 27.1. The van der Waals surface area contributed by atoms with Crippen LogP contribution >= 0.6 is 0 Å². The molecule has 1 N–H and O–H groups in total. The third kappa shape index (κ3) is 10.1. The van der Waals surface area contributed by atoms with Crippen molar-refractivity contribution in [3.63, 3.8) is 0 Å². The SMILES string of the molecule is CCOC(=O)C=C(Nc1cc(C(=O)OCCCCOc2ccc(C(C)(C)CC)cc2C(C)(C)CC)ccc1C)OCC. The molecule has 0 radical (unpaired) electrons. The Labute approximate surface area is 253 Å². The molecular formula is C35H51NO6. The number of carbonyl (C=O) groups excluding carboxylic acids is 2. The molecule has 2 aromatic carbocycles. The standard InChI is InChI=1S/C35H51NO6/c1-10-34(6,7)27-18-19-30(28(23-27)35(8,9)11-2)41-20-14-15-21-42-33(38)26-17-16-25(5)29(22-26)36-31(39-12-3)24-32(37)40-13-4/h16-19,22-24,36H,10-15,20-21H2,1-9H3. The van der Waals surface area contributed by atoms with Crippen molar-refractivity contribution in [2.45, 2.75) is 98.8 Å². The molecule has 7 heteroatoms. The summed E-state index contributed by atoms with van der Waals surface area (Å²) in [6, 6.07) is 11.9. The van der Waals surface area contributed by atoms with Gasteiger partial charge in [0.1, 0.15) is 5.75 Å². The lowest BCUT2D eigenvalue weighted by molar-refractivity contribution is -0.137. The van der Waals surface area contributed by atoms with E-state index in [2.05, 4.69) is 65.1 Å². The minimum atomic E-state index is -0.506. The van der Waals surface area contributed by atoms with E-state index in [0.29, 0.717) is 37.5 Å². The lowest BCUT2D eigenvalue weighted by Crippen LogP contribution is -2.21. The smallest absolute Gasteiger partial charge is 0.338 e. The number of rotatable bonds is 17. The molecular weight excluding hydrogens is 530 g/mol. The van der Waals surface area contributed by atoms with Crippen LogP contribution in [0.1, 0.15) is 108 Å². The van der Waals surface area contributed by atoms with Crippen LogP contribution in [0.25, 0.3) is 0 Å². The molecule has 7 nitrogen and oxygen atoms in total. The second-order valence-corrected chi connectivity index (χ2v) is 11.7. The molecule has 42 heavy (non-hydrogen) atoms. The van der Waals surface area contributed by atoms with E-state index in [1.54, 1.807) is 19.1 Å². The maximum atomic E-state index is 12.8. The van der Waals surface area contributed by atoms with Gasteiger partial charge in [-0.15, -0.1) is 0 Å². The first-order valence-corrected chi connectivity index (χ1v) is 15.2. The van der Waals surface area contributed by atoms with Crippen LogP contribution < -0.4 is 10.1 Å². The van der Waals surface area contributed by atoms with Crippen molar-refractivity contribution in [3.05, 3.63) is 70.6 Å². The van der Waals surface area contributed by atoms with Gasteiger partial charge in [0, 0.05) is 11.3 Å². The van der Waals surface area contributed by atoms with Crippen molar-refractivity contribution < 1.29 is 28.5 Å². The molecule has 0 spiro atoms. The summed E-state index contributed by atoms with van der Waals surface area (Å²) in [4.78, 5) is 24.6. The summed E-state index contributed by atoms with van der Waals surface area (Å²) < 4.78 is 22.3. The van der Waals surface area contributed by atoms with Gasteiger partial charge in [0.05, 0.1) is 38.1 Å². The van der Waals surface area contributed by atoms with E-state index in [1.807, 2.05) is 19.9 Å². The number of hydrogen-bond donors (Lipinski definition) is 1. The van der Waals surface area contributed by atoms with Crippen molar-refractivity contribution in [1.82, 2.24) is 0 Å². The topological polar surface area (TPSA) is 83.1 Å². The van der Waals surface area contributed by atoms with Gasteiger partial charge in [0.2, 0.25) is 0 Å². The van der Waals surface area contributed by atoms with Crippen LogP contribution in [-0.2, 0) is 29.8 Å². The average molecular weight is 582 g/mol. The molecule has 2 rings (SSSR count). The van der Waals surface area contributed by atoms with Gasteiger partial charge >= 0.3 is 11.9 Å². The Hall–Kier alpha value is -3.48. The average Bonchev–Trinajstić information content (AvgIpc) is 2.96. The second-order valence-electron chi connectivity index (χ2n) is 11.7. The maximum Gasteiger partial charge on any atom is 0.338 e. The Balaban J connectivity index is 1.96. The van der Waals surface area contributed by atoms with Crippen molar-refractivity contribution in [2.75, 3.05) is 31.7 Å². The van der Waals surface area contributed by atoms with Gasteiger partial charge in [-0.25, -0.2) is 9.59 Å². The molecule has 0 saturated carbocycles. The molecule has 0 aliphatic carbocycles. The summed E-state index contributed by atoms with van der Waals surface area (Å²) in [6.45, 7) is 20.4. The Morgan fingerprint density at radius 2 is 1.48 bits per heavy atom. The lowest BCUT2D eigenvalue weighted by Gasteiger charge is -2.30. The molecule has 232 valence electrons. The number of hydrogen-bond acceptors (Lipinski definition) is 7. The van der Waals surface area contributed by atoms with Crippen molar-refractivity contribution in [1.29, 1.82) is 0 Å². The number of esters is 2. The number of nitrogens with one attached hydrogen (secondary N) is 1. The van der Waals surface area contributed by atoms with Gasteiger partial charge in [-0.1, -0.05) is 59.7 Å². The molecule has 0 aromatic heterocycles. The number of anilines is 1. The third-order valence-corrected chi connectivity index (χ3v) is 7.85. The Morgan fingerprint density at radius 1 is 0.810 bits per heavy atom. The van der Waals surface area contributed by atoms with Gasteiger partial charge in [-0.05, 0) is 86.6 Å². The highest BCUT2D eigenvalue weighted by Crippen LogP contribution is 2.38. The molecule has 0 unspecified atom stereocenters. The van der Waals surface area contributed by atoms with Gasteiger partial charge in [0.15, 0.2) is 5.88 Å².